The summed E-state index contributed by atoms with van der Waals surface area (Å²) in [5.41, 5.74) is 3.08. The number of amides is 2. The highest BCUT2D eigenvalue weighted by atomic mass is 35.5. The number of carbonyl (C=O) groups is 2. The number of hydrogen-bond donors (Lipinski definition) is 0. The minimum atomic E-state index is -0.337. The first-order chi connectivity index (χ1) is 16.0. The Morgan fingerprint density at radius 1 is 0.939 bits per heavy atom. The molecule has 1 aliphatic heterocycles. The van der Waals surface area contributed by atoms with E-state index >= 15 is 0 Å². The highest BCUT2D eigenvalue weighted by molar-refractivity contribution is 8.18. The van der Waals surface area contributed by atoms with Crippen LogP contribution in [0.3, 0.4) is 0 Å². The number of carbonyl (C=O) groups excluding carboxylic acids is 2. The van der Waals surface area contributed by atoms with Crippen LogP contribution in [0.2, 0.25) is 5.02 Å². The van der Waals surface area contributed by atoms with Crippen LogP contribution < -0.4 is 0 Å². The third-order valence-electron chi connectivity index (χ3n) is 5.51. The molecule has 1 fully saturated rings. The minimum Gasteiger partial charge on any atom is -0.342 e. The first kappa shape index (κ1) is 21.5. The van der Waals surface area contributed by atoms with Gasteiger partial charge in [0, 0.05) is 33.2 Å². The number of rotatable bonds is 5. The van der Waals surface area contributed by atoms with Gasteiger partial charge in [-0.1, -0.05) is 60.1 Å². The lowest BCUT2D eigenvalue weighted by Gasteiger charge is -2.12. The van der Waals surface area contributed by atoms with Crippen molar-refractivity contribution >= 4 is 51.5 Å². The van der Waals surface area contributed by atoms with Gasteiger partial charge in [-0.25, -0.2) is 4.39 Å². The first-order valence-electron chi connectivity index (χ1n) is 10.3. The maximum atomic E-state index is 14.2. The van der Waals surface area contributed by atoms with Gasteiger partial charge in [-0.2, -0.15) is 0 Å². The topological polar surface area (TPSA) is 42.3 Å². The van der Waals surface area contributed by atoms with Crippen molar-refractivity contribution in [3.8, 4) is 0 Å². The largest absolute Gasteiger partial charge is 0.342 e. The molecule has 4 aromatic rings. The van der Waals surface area contributed by atoms with E-state index in [4.69, 9.17) is 11.6 Å². The van der Waals surface area contributed by atoms with Gasteiger partial charge in [0.15, 0.2) is 0 Å². The highest BCUT2D eigenvalue weighted by Gasteiger charge is 2.35. The van der Waals surface area contributed by atoms with Gasteiger partial charge in [0.1, 0.15) is 5.82 Å². The Labute approximate surface area is 199 Å². The highest BCUT2D eigenvalue weighted by Crippen LogP contribution is 2.35. The van der Waals surface area contributed by atoms with E-state index in [-0.39, 0.29) is 23.5 Å². The SMILES string of the molecule is O=C1S/C(=C\c2cn(Cc3ccccc3F)c3ccccc23)C(=O)N1Cc1cccc(Cl)c1. The molecular weight excluding hydrogens is 459 g/mol. The molecule has 1 saturated heterocycles. The van der Waals surface area contributed by atoms with Crippen LogP contribution in [-0.4, -0.2) is 20.6 Å². The molecule has 7 heteroatoms. The van der Waals surface area contributed by atoms with Crippen LogP contribution in [0.4, 0.5) is 9.18 Å². The fourth-order valence-electron chi connectivity index (χ4n) is 3.93. The second kappa shape index (κ2) is 8.89. The van der Waals surface area contributed by atoms with E-state index in [1.165, 1.54) is 11.0 Å². The molecule has 0 N–H and O–H groups in total. The molecule has 3 aromatic carbocycles. The van der Waals surface area contributed by atoms with Gasteiger partial charge in [-0.15, -0.1) is 0 Å². The van der Waals surface area contributed by atoms with E-state index in [2.05, 4.69) is 0 Å². The molecule has 0 unspecified atom stereocenters. The van der Waals surface area contributed by atoms with Crippen molar-refractivity contribution in [2.75, 3.05) is 0 Å². The average Bonchev–Trinajstić information content (AvgIpc) is 3.28. The van der Waals surface area contributed by atoms with Crippen LogP contribution in [0.1, 0.15) is 16.7 Å². The number of hydrogen-bond acceptors (Lipinski definition) is 3. The molecule has 0 aliphatic carbocycles. The van der Waals surface area contributed by atoms with E-state index in [9.17, 15) is 14.0 Å². The van der Waals surface area contributed by atoms with Crippen molar-refractivity contribution in [3.63, 3.8) is 0 Å². The normalized spacial score (nSPS) is 15.2. The van der Waals surface area contributed by atoms with E-state index in [1.54, 1.807) is 42.5 Å². The van der Waals surface area contributed by atoms with Gasteiger partial charge in [-0.3, -0.25) is 14.5 Å². The molecule has 0 spiro atoms. The zero-order valence-corrected chi connectivity index (χ0v) is 18.9. The number of nitrogens with zero attached hydrogens (tertiary/aromatic N) is 2. The summed E-state index contributed by atoms with van der Waals surface area (Å²) < 4.78 is 16.2. The fraction of sp³-hybridized carbons (Fsp3) is 0.0769. The van der Waals surface area contributed by atoms with Crippen molar-refractivity contribution in [1.82, 2.24) is 9.47 Å². The molecule has 1 aliphatic rings. The maximum Gasteiger partial charge on any atom is 0.293 e. The summed E-state index contributed by atoms with van der Waals surface area (Å²) in [5, 5.41) is 1.16. The predicted molar refractivity (Wildman–Crippen MR) is 130 cm³/mol. The Bertz CT molecular complexity index is 1430. The number of imide groups is 1. The average molecular weight is 477 g/mol. The Morgan fingerprint density at radius 3 is 2.55 bits per heavy atom. The third kappa shape index (κ3) is 4.32. The number of halogens is 2. The summed E-state index contributed by atoms with van der Waals surface area (Å²) in [6.07, 6.45) is 3.63. The Hall–Kier alpha value is -3.35. The van der Waals surface area contributed by atoms with Crippen molar-refractivity contribution in [2.45, 2.75) is 13.1 Å². The van der Waals surface area contributed by atoms with Gasteiger partial charge >= 0.3 is 0 Å². The Morgan fingerprint density at radius 2 is 1.73 bits per heavy atom. The molecule has 0 saturated carbocycles. The molecule has 33 heavy (non-hydrogen) atoms. The Kier molecular flexibility index (Phi) is 5.79. The first-order valence-corrected chi connectivity index (χ1v) is 11.5. The molecule has 4 nitrogen and oxygen atoms in total. The molecule has 2 amide bonds. The molecule has 1 aromatic heterocycles. The van der Waals surface area contributed by atoms with Crippen LogP contribution in [0.5, 0.6) is 0 Å². The lowest BCUT2D eigenvalue weighted by Crippen LogP contribution is -2.27. The van der Waals surface area contributed by atoms with Gasteiger partial charge in [0.25, 0.3) is 11.1 Å². The summed E-state index contributed by atoms with van der Waals surface area (Å²) in [7, 11) is 0. The third-order valence-corrected chi connectivity index (χ3v) is 6.65. The van der Waals surface area contributed by atoms with Crippen LogP contribution in [0.25, 0.3) is 17.0 Å². The van der Waals surface area contributed by atoms with Crippen LogP contribution in [0, 0.1) is 5.82 Å². The van der Waals surface area contributed by atoms with Crippen molar-refractivity contribution < 1.29 is 14.0 Å². The van der Waals surface area contributed by atoms with Crippen molar-refractivity contribution in [1.29, 1.82) is 0 Å². The van der Waals surface area contributed by atoms with E-state index < -0.39 is 0 Å². The molecular formula is C26H18ClFN2O2S. The van der Waals surface area contributed by atoms with Gasteiger partial charge in [0.05, 0.1) is 18.0 Å². The van der Waals surface area contributed by atoms with Crippen molar-refractivity contribution in [2.24, 2.45) is 0 Å². The lowest BCUT2D eigenvalue weighted by molar-refractivity contribution is -0.123. The maximum absolute atomic E-state index is 14.2. The number of thioether (sulfide) groups is 1. The zero-order chi connectivity index (χ0) is 22.9. The van der Waals surface area contributed by atoms with Crippen molar-refractivity contribution in [3.05, 3.63) is 111 Å². The van der Waals surface area contributed by atoms with E-state index in [0.29, 0.717) is 22.0 Å². The smallest absolute Gasteiger partial charge is 0.293 e. The molecule has 0 radical (unpaired) electrons. The Balaban J connectivity index is 1.47. The van der Waals surface area contributed by atoms with Gasteiger partial charge in [-0.05, 0) is 47.7 Å². The van der Waals surface area contributed by atoms with Gasteiger partial charge < -0.3 is 4.57 Å². The van der Waals surface area contributed by atoms with E-state index in [1.807, 2.05) is 41.1 Å². The monoisotopic (exact) mass is 476 g/mol. The summed E-state index contributed by atoms with van der Waals surface area (Å²) in [4.78, 5) is 27.2. The standard InChI is InChI=1S/C26H18ClFN2O2S/c27-20-8-5-6-17(12-20)14-30-25(31)24(33-26(30)32)13-19-16-29(23-11-4-2-9-21(19)23)15-18-7-1-3-10-22(18)28/h1-13,16H,14-15H2/b24-13-. The van der Waals surface area contributed by atoms with Crippen LogP contribution in [0.15, 0.2) is 83.9 Å². The number of benzene rings is 3. The summed E-state index contributed by atoms with van der Waals surface area (Å²) in [6.45, 7) is 0.523. The number of para-hydroxylation sites is 1. The van der Waals surface area contributed by atoms with Gasteiger partial charge in [0.2, 0.25) is 0 Å². The van der Waals surface area contributed by atoms with Crippen LogP contribution >= 0.6 is 23.4 Å². The second-order valence-electron chi connectivity index (χ2n) is 7.72. The van der Waals surface area contributed by atoms with E-state index in [0.717, 1.165) is 33.8 Å². The quantitative estimate of drug-likeness (QED) is 0.300. The molecule has 5 rings (SSSR count). The summed E-state index contributed by atoms with van der Waals surface area (Å²) in [5.74, 6) is -0.602. The molecule has 2 heterocycles. The second-order valence-corrected chi connectivity index (χ2v) is 9.15. The molecule has 0 atom stereocenters. The predicted octanol–water partition coefficient (Wildman–Crippen LogP) is 6.72. The summed E-state index contributed by atoms with van der Waals surface area (Å²) >= 11 is 6.95. The number of fused-ring (bicyclic) bond motifs is 1. The summed E-state index contributed by atoms with van der Waals surface area (Å²) in [6, 6.07) is 21.5. The number of aromatic nitrogens is 1. The van der Waals surface area contributed by atoms with Crippen LogP contribution in [-0.2, 0) is 17.9 Å². The fourth-order valence-corrected chi connectivity index (χ4v) is 4.97. The lowest BCUT2D eigenvalue weighted by atomic mass is 10.1. The minimum absolute atomic E-state index is 0.164. The molecule has 0 bridgehead atoms. The zero-order valence-electron chi connectivity index (χ0n) is 17.4. The molecule has 164 valence electrons.